The normalized spacial score (nSPS) is 17.2. The van der Waals surface area contributed by atoms with Crippen molar-refractivity contribution in [2.75, 3.05) is 11.9 Å². The molecule has 0 bridgehead atoms. The van der Waals surface area contributed by atoms with E-state index >= 15 is 0 Å². The molecule has 76 valence electrons. The molecule has 1 aromatic heterocycles. The Labute approximate surface area is 89.7 Å². The molecule has 3 heteroatoms. The van der Waals surface area contributed by atoms with Crippen molar-refractivity contribution in [2.45, 2.75) is 25.7 Å². The summed E-state index contributed by atoms with van der Waals surface area (Å²) in [7, 11) is 0. The van der Waals surface area contributed by atoms with Gasteiger partial charge in [0, 0.05) is 12.7 Å². The first-order chi connectivity index (χ1) is 6.86. The van der Waals surface area contributed by atoms with E-state index in [0.29, 0.717) is 5.15 Å². The van der Waals surface area contributed by atoms with Crippen LogP contribution in [0.1, 0.15) is 25.7 Å². The van der Waals surface area contributed by atoms with Crippen molar-refractivity contribution in [1.82, 2.24) is 4.98 Å². The van der Waals surface area contributed by atoms with Crippen molar-refractivity contribution in [1.29, 1.82) is 0 Å². The maximum absolute atomic E-state index is 5.94. The standard InChI is InChI=1S/C11H15ClN2/c12-11-10(6-3-7-13-11)14-8-9-4-1-2-5-9/h3,6-7,9,14H,1-2,4-5,8H2. The van der Waals surface area contributed by atoms with Gasteiger partial charge in [0.05, 0.1) is 5.69 Å². The lowest BCUT2D eigenvalue weighted by atomic mass is 10.1. The zero-order valence-electron chi connectivity index (χ0n) is 8.17. The largest absolute Gasteiger partial charge is 0.382 e. The summed E-state index contributed by atoms with van der Waals surface area (Å²) in [6.07, 6.45) is 7.18. The average Bonchev–Trinajstić information content (AvgIpc) is 2.69. The zero-order valence-corrected chi connectivity index (χ0v) is 8.93. The highest BCUT2D eigenvalue weighted by atomic mass is 35.5. The molecule has 0 unspecified atom stereocenters. The molecule has 0 saturated heterocycles. The molecular weight excluding hydrogens is 196 g/mol. The van der Waals surface area contributed by atoms with E-state index < -0.39 is 0 Å². The first-order valence-electron chi connectivity index (χ1n) is 5.20. The van der Waals surface area contributed by atoms with E-state index in [2.05, 4.69) is 10.3 Å². The summed E-state index contributed by atoms with van der Waals surface area (Å²) in [5, 5.41) is 3.93. The van der Waals surface area contributed by atoms with Crippen molar-refractivity contribution >= 4 is 17.3 Å². The number of hydrogen-bond acceptors (Lipinski definition) is 2. The van der Waals surface area contributed by atoms with Gasteiger partial charge in [-0.1, -0.05) is 24.4 Å². The summed E-state index contributed by atoms with van der Waals surface area (Å²) in [5.41, 5.74) is 0.959. The zero-order chi connectivity index (χ0) is 9.80. The Morgan fingerprint density at radius 1 is 1.43 bits per heavy atom. The fourth-order valence-corrected chi connectivity index (χ4v) is 2.17. The second-order valence-corrected chi connectivity index (χ2v) is 4.23. The van der Waals surface area contributed by atoms with Gasteiger partial charge in [-0.2, -0.15) is 0 Å². The molecule has 1 aromatic rings. The highest BCUT2D eigenvalue weighted by molar-refractivity contribution is 6.31. The third kappa shape index (κ3) is 2.38. The fourth-order valence-electron chi connectivity index (χ4n) is 1.99. The lowest BCUT2D eigenvalue weighted by molar-refractivity contribution is 0.580. The summed E-state index contributed by atoms with van der Waals surface area (Å²) in [6.45, 7) is 1.03. The van der Waals surface area contributed by atoms with Gasteiger partial charge < -0.3 is 5.32 Å². The molecule has 0 aliphatic heterocycles. The van der Waals surface area contributed by atoms with E-state index in [1.165, 1.54) is 25.7 Å². The second-order valence-electron chi connectivity index (χ2n) is 3.87. The average molecular weight is 211 g/mol. The summed E-state index contributed by atoms with van der Waals surface area (Å²) in [6, 6.07) is 3.88. The van der Waals surface area contributed by atoms with Gasteiger partial charge in [0.1, 0.15) is 0 Å². The molecule has 0 aromatic carbocycles. The van der Waals surface area contributed by atoms with Crippen LogP contribution in [0.5, 0.6) is 0 Å². The number of hydrogen-bond donors (Lipinski definition) is 1. The quantitative estimate of drug-likeness (QED) is 0.775. The van der Waals surface area contributed by atoms with Crippen LogP contribution in [0.3, 0.4) is 0 Å². The minimum Gasteiger partial charge on any atom is -0.382 e. The van der Waals surface area contributed by atoms with Crippen molar-refractivity contribution in [3.8, 4) is 0 Å². The molecule has 1 fully saturated rings. The maximum Gasteiger partial charge on any atom is 0.152 e. The van der Waals surface area contributed by atoms with E-state index in [1.54, 1.807) is 6.20 Å². The number of aromatic nitrogens is 1. The Hall–Kier alpha value is -0.760. The molecule has 2 nitrogen and oxygen atoms in total. The van der Waals surface area contributed by atoms with E-state index in [9.17, 15) is 0 Å². The Bertz CT molecular complexity index is 295. The molecule has 0 atom stereocenters. The van der Waals surface area contributed by atoms with E-state index in [4.69, 9.17) is 11.6 Å². The van der Waals surface area contributed by atoms with E-state index in [0.717, 1.165) is 18.2 Å². The summed E-state index contributed by atoms with van der Waals surface area (Å²) >= 11 is 5.94. The predicted octanol–water partition coefficient (Wildman–Crippen LogP) is 3.34. The minimum absolute atomic E-state index is 0.575. The Morgan fingerprint density at radius 2 is 2.21 bits per heavy atom. The SMILES string of the molecule is Clc1ncccc1NCC1CCCC1. The van der Waals surface area contributed by atoms with E-state index in [1.807, 2.05) is 12.1 Å². The summed E-state index contributed by atoms with van der Waals surface area (Å²) < 4.78 is 0. The van der Waals surface area contributed by atoms with Gasteiger partial charge in [-0.05, 0) is 30.9 Å². The van der Waals surface area contributed by atoms with Crippen LogP contribution in [0.15, 0.2) is 18.3 Å². The molecule has 0 amide bonds. The highest BCUT2D eigenvalue weighted by Gasteiger charge is 2.14. The number of nitrogens with one attached hydrogen (secondary N) is 1. The molecule has 1 saturated carbocycles. The lowest BCUT2D eigenvalue weighted by Crippen LogP contribution is -2.11. The summed E-state index contributed by atoms with van der Waals surface area (Å²) in [4.78, 5) is 4.03. The topological polar surface area (TPSA) is 24.9 Å². The van der Waals surface area contributed by atoms with Gasteiger partial charge in [0.2, 0.25) is 0 Å². The van der Waals surface area contributed by atoms with Gasteiger partial charge in [-0.3, -0.25) is 0 Å². The molecule has 14 heavy (non-hydrogen) atoms. The number of rotatable bonds is 3. The predicted molar refractivity (Wildman–Crippen MR) is 59.7 cm³/mol. The Balaban J connectivity index is 1.88. The summed E-state index contributed by atoms with van der Waals surface area (Å²) in [5.74, 6) is 0.825. The monoisotopic (exact) mass is 210 g/mol. The van der Waals surface area contributed by atoms with Crippen molar-refractivity contribution in [3.63, 3.8) is 0 Å². The molecule has 1 N–H and O–H groups in total. The van der Waals surface area contributed by atoms with Crippen LogP contribution in [-0.4, -0.2) is 11.5 Å². The van der Waals surface area contributed by atoms with E-state index in [-0.39, 0.29) is 0 Å². The highest BCUT2D eigenvalue weighted by Crippen LogP contribution is 2.26. The van der Waals surface area contributed by atoms with Gasteiger partial charge in [-0.15, -0.1) is 0 Å². The smallest absolute Gasteiger partial charge is 0.152 e. The van der Waals surface area contributed by atoms with Crippen LogP contribution in [0.25, 0.3) is 0 Å². The van der Waals surface area contributed by atoms with Crippen molar-refractivity contribution < 1.29 is 0 Å². The maximum atomic E-state index is 5.94. The molecule has 1 aliphatic rings. The van der Waals surface area contributed by atoms with Crippen LogP contribution in [0, 0.1) is 5.92 Å². The van der Waals surface area contributed by atoms with Gasteiger partial charge in [0.25, 0.3) is 0 Å². The molecule has 0 spiro atoms. The van der Waals surface area contributed by atoms with Crippen molar-refractivity contribution in [2.24, 2.45) is 5.92 Å². The Morgan fingerprint density at radius 3 is 2.93 bits per heavy atom. The minimum atomic E-state index is 0.575. The third-order valence-electron chi connectivity index (χ3n) is 2.82. The van der Waals surface area contributed by atoms with Gasteiger partial charge in [0.15, 0.2) is 5.15 Å². The second kappa shape index (κ2) is 4.65. The lowest BCUT2D eigenvalue weighted by Gasteiger charge is -2.11. The molecular formula is C11H15ClN2. The van der Waals surface area contributed by atoms with Gasteiger partial charge >= 0.3 is 0 Å². The first-order valence-corrected chi connectivity index (χ1v) is 5.58. The third-order valence-corrected chi connectivity index (χ3v) is 3.12. The van der Waals surface area contributed by atoms with Crippen LogP contribution >= 0.6 is 11.6 Å². The number of pyridine rings is 1. The number of nitrogens with zero attached hydrogens (tertiary/aromatic N) is 1. The molecule has 1 aliphatic carbocycles. The van der Waals surface area contributed by atoms with Crippen LogP contribution in [0.2, 0.25) is 5.15 Å². The Kier molecular flexibility index (Phi) is 3.25. The molecule has 0 radical (unpaired) electrons. The number of anilines is 1. The number of halogens is 1. The fraction of sp³-hybridized carbons (Fsp3) is 0.545. The van der Waals surface area contributed by atoms with Crippen molar-refractivity contribution in [3.05, 3.63) is 23.5 Å². The van der Waals surface area contributed by atoms with Gasteiger partial charge in [-0.25, -0.2) is 4.98 Å². The molecule has 2 rings (SSSR count). The van der Waals surface area contributed by atoms with Crippen LogP contribution < -0.4 is 5.32 Å². The molecule has 1 heterocycles. The van der Waals surface area contributed by atoms with Crippen LogP contribution in [0.4, 0.5) is 5.69 Å². The first kappa shape index (κ1) is 9.78. The van der Waals surface area contributed by atoms with Crippen LogP contribution in [-0.2, 0) is 0 Å².